The molecule has 0 unspecified atom stereocenters. The van der Waals surface area contributed by atoms with Crippen molar-refractivity contribution in [1.29, 1.82) is 0 Å². The van der Waals surface area contributed by atoms with E-state index in [1.807, 2.05) is 104 Å². The molecule has 6 heteroatoms. The van der Waals surface area contributed by atoms with Gasteiger partial charge in [0.15, 0.2) is 0 Å². The molecule has 2 aromatic heterocycles. The van der Waals surface area contributed by atoms with Crippen molar-refractivity contribution >= 4 is 44.6 Å². The van der Waals surface area contributed by atoms with Crippen LogP contribution in [-0.2, 0) is 48.1 Å². The maximum Gasteiger partial charge on any atom is 0.135 e. The Labute approximate surface area is 553 Å². The van der Waals surface area contributed by atoms with E-state index in [0.29, 0.717) is 57.5 Å². The van der Waals surface area contributed by atoms with Crippen LogP contribution in [0.3, 0.4) is 0 Å². The fourth-order valence-corrected chi connectivity index (χ4v) is 11.4. The molecule has 0 amide bonds. The molecule has 13 rings (SSSR count). The van der Waals surface area contributed by atoms with E-state index in [-0.39, 0.29) is 142 Å². The Kier molecular flexibility index (Phi) is 9.85. The number of hydrogen-bond acceptors (Lipinski definition) is 4. The van der Waals surface area contributed by atoms with Crippen LogP contribution in [0, 0.1) is 18.8 Å². The average molecular weight is 1330 g/mol. The molecule has 5 nitrogen and oxygen atoms in total. The number of aromatic nitrogens is 2. The van der Waals surface area contributed by atoms with E-state index in [2.05, 4.69) is 12.1 Å². The summed E-state index contributed by atoms with van der Waals surface area (Å²) in [4.78, 5) is 8.47. The summed E-state index contributed by atoms with van der Waals surface area (Å²) in [6.07, 6.45) is 2.79. The minimum Gasteiger partial charge on any atom is -0.509 e. The smallest absolute Gasteiger partial charge is 0.135 e. The van der Waals surface area contributed by atoms with Crippen LogP contribution in [-0.4, -0.2) is 9.55 Å². The number of para-hydroxylation sites is 3. The van der Waals surface area contributed by atoms with Crippen LogP contribution in [0.2, 0.25) is 0 Å². The molecule has 0 saturated heterocycles. The van der Waals surface area contributed by atoms with Crippen LogP contribution < -0.4 is 14.5 Å². The molecule has 3 heterocycles. The van der Waals surface area contributed by atoms with Crippen molar-refractivity contribution in [3.05, 3.63) is 246 Å². The standard InChI is InChI=1S/C80H77N4O.Pt/c1-76(2,3)57-37-34-53(35-38-57)52-30-32-55(33-31-52)64-45-58(77(4,5)6)46-65(56-36-41-67-69(44-56)80(12,13)43-42-79(67,10)11)75(64)83-51-82(71-28-19-20-29-72(71)83)59-24-21-25-60(47-59)85-61-39-40-63-62-26-17-18-27-70(62)84(73(63)48-61)74-49-68(78(7,8)9)66(50-81-74)54-22-15-14-16-23-54;/h14-41,44-46,49-51H,42-43H2,1-13H3;/q-3;/i14D,15D,16D,17D,18D,22D,23D,26D,27D,30D,31D,32D,33D,34D,35D,36D,37D,38D,41D,44D;. The van der Waals surface area contributed by atoms with Crippen molar-refractivity contribution < 1.29 is 53.2 Å². The van der Waals surface area contributed by atoms with Gasteiger partial charge in [-0.1, -0.05) is 222 Å². The number of anilines is 4. The van der Waals surface area contributed by atoms with Gasteiger partial charge in [-0.05, 0) is 137 Å². The Morgan fingerprint density at radius 1 is 0.523 bits per heavy atom. The van der Waals surface area contributed by atoms with E-state index in [1.54, 1.807) is 79.4 Å². The van der Waals surface area contributed by atoms with Gasteiger partial charge in [0, 0.05) is 78.0 Å². The first-order valence-electron chi connectivity index (χ1n) is 38.7. The van der Waals surface area contributed by atoms with E-state index in [1.165, 1.54) is 6.20 Å². The maximum atomic E-state index is 10.5. The van der Waals surface area contributed by atoms with Gasteiger partial charge in [-0.15, -0.1) is 48.1 Å². The van der Waals surface area contributed by atoms with Crippen LogP contribution in [0.4, 0.5) is 22.7 Å². The van der Waals surface area contributed by atoms with Crippen LogP contribution in [0.5, 0.6) is 11.5 Å². The number of hydrogen-bond donors (Lipinski definition) is 0. The Balaban J connectivity index is 0.0000105. The normalized spacial score (nSPS) is 18.0. The molecule has 0 fully saturated rings. The molecule has 0 spiro atoms. The zero-order valence-electron chi connectivity index (χ0n) is 70.5. The maximum absolute atomic E-state index is 10.5. The van der Waals surface area contributed by atoms with Crippen molar-refractivity contribution in [2.75, 3.05) is 9.80 Å². The molecule has 1 aliphatic heterocycles. The molecule has 2 aliphatic rings. The second kappa shape index (κ2) is 21.8. The van der Waals surface area contributed by atoms with Gasteiger partial charge in [0.25, 0.3) is 0 Å². The molecule has 0 saturated carbocycles. The third kappa shape index (κ3) is 10.7. The Hall–Kier alpha value is -7.98. The van der Waals surface area contributed by atoms with Gasteiger partial charge in [-0.2, -0.15) is 12.1 Å². The molecular weight excluding hydrogens is 1230 g/mol. The third-order valence-corrected chi connectivity index (χ3v) is 16.4. The quantitative estimate of drug-likeness (QED) is 0.135. The monoisotopic (exact) mass is 1320 g/mol. The predicted octanol–water partition coefficient (Wildman–Crippen LogP) is 21.9. The molecule has 11 aromatic rings. The van der Waals surface area contributed by atoms with Crippen LogP contribution >= 0.6 is 0 Å². The summed E-state index contributed by atoms with van der Waals surface area (Å²) in [5.74, 6) is 0.462. The molecule has 86 heavy (non-hydrogen) atoms. The van der Waals surface area contributed by atoms with Gasteiger partial charge < -0.3 is 19.1 Å². The van der Waals surface area contributed by atoms with E-state index in [9.17, 15) is 15.1 Å². The van der Waals surface area contributed by atoms with Gasteiger partial charge in [-0.25, -0.2) is 4.98 Å². The van der Waals surface area contributed by atoms with E-state index in [4.69, 9.17) is 22.1 Å². The number of rotatable bonds is 9. The fraction of sp³-hybridized carbons (Fsp3) is 0.250. The van der Waals surface area contributed by atoms with Gasteiger partial charge in [-0.3, -0.25) is 0 Å². The van der Waals surface area contributed by atoms with Crippen LogP contribution in [0.1, 0.15) is 158 Å². The molecule has 0 atom stereocenters. The predicted molar refractivity (Wildman–Crippen MR) is 357 cm³/mol. The zero-order valence-corrected chi connectivity index (χ0v) is 52.8. The third-order valence-electron chi connectivity index (χ3n) is 16.4. The molecule has 0 radical (unpaired) electrons. The Morgan fingerprint density at radius 2 is 1.10 bits per heavy atom. The first-order chi connectivity index (χ1) is 48.8. The number of nitrogens with zero attached hydrogens (tertiary/aromatic N) is 4. The first kappa shape index (κ1) is 38.9. The van der Waals surface area contributed by atoms with Gasteiger partial charge in [0.1, 0.15) is 5.82 Å². The fourth-order valence-electron chi connectivity index (χ4n) is 11.4. The van der Waals surface area contributed by atoms with E-state index >= 15 is 0 Å². The number of pyridine rings is 1. The van der Waals surface area contributed by atoms with Gasteiger partial charge in [0.05, 0.1) is 27.4 Å². The minimum absolute atomic E-state index is 0. The molecule has 436 valence electrons. The van der Waals surface area contributed by atoms with E-state index < -0.39 is 117 Å². The second-order valence-electron chi connectivity index (χ2n) is 26.5. The first-order valence-corrected chi connectivity index (χ1v) is 28.7. The number of fused-ring (bicyclic) bond motifs is 5. The van der Waals surface area contributed by atoms with E-state index in [0.717, 1.165) is 0 Å². The Morgan fingerprint density at radius 3 is 1.78 bits per heavy atom. The molecule has 9 aromatic carbocycles. The number of ether oxygens (including phenoxy) is 1. The summed E-state index contributed by atoms with van der Waals surface area (Å²) >= 11 is 0. The summed E-state index contributed by atoms with van der Waals surface area (Å²) in [6.45, 7) is 26.8. The second-order valence-corrected chi connectivity index (χ2v) is 26.5. The molecular formula is C80H77N4OPt-3. The Bertz CT molecular complexity index is 5520. The van der Waals surface area contributed by atoms with Gasteiger partial charge >= 0.3 is 0 Å². The average Bonchev–Trinajstić information content (AvgIpc) is 1.32. The molecule has 0 N–H and O–H groups in total. The van der Waals surface area contributed by atoms with Gasteiger partial charge in [0.2, 0.25) is 0 Å². The van der Waals surface area contributed by atoms with Crippen LogP contribution in [0.25, 0.3) is 72.1 Å². The van der Waals surface area contributed by atoms with Crippen molar-refractivity contribution in [2.24, 2.45) is 0 Å². The van der Waals surface area contributed by atoms with Crippen molar-refractivity contribution in [1.82, 2.24) is 9.55 Å². The largest absolute Gasteiger partial charge is 0.509 e. The number of benzene rings is 9. The summed E-state index contributed by atoms with van der Waals surface area (Å²) < 4.78 is 195. The molecule has 1 aliphatic carbocycles. The SMILES string of the molecule is [2H]c1c([2H])c([2H])c(-c2cnc(-n3c4[c-]c(Oc5[c-]c(N6[CH-]N(c7c(-c8c([2H])c([2H])c(-c9c([2H])c([2H])c(C(C)(C)C)c([2H])c9[2H])c([2H])c8[2H])cc(C(C)(C)C)cc7-c7c([2H])c([2H])c8c(c7[2H])C(C)(C)CCC8(C)C)c7ccccc76)ccc5)ccc4c4c([2H])c([2H])c([2H])c([2H])c43)cc2C(C)(C)C)c([2H])c1[2H].[Pt]. The molecule has 0 bridgehead atoms. The topological polar surface area (TPSA) is 33.5 Å². The summed E-state index contributed by atoms with van der Waals surface area (Å²) in [6, 6.07) is 19.4. The summed E-state index contributed by atoms with van der Waals surface area (Å²) in [5, 5.41) is 0.537. The van der Waals surface area contributed by atoms with Crippen molar-refractivity contribution in [2.45, 2.75) is 130 Å². The van der Waals surface area contributed by atoms with Crippen molar-refractivity contribution in [3.63, 3.8) is 0 Å². The van der Waals surface area contributed by atoms with Crippen LogP contribution in [0.15, 0.2) is 200 Å². The summed E-state index contributed by atoms with van der Waals surface area (Å²) in [5.41, 5.74) is 0.704. The zero-order chi connectivity index (χ0) is 76.8. The summed E-state index contributed by atoms with van der Waals surface area (Å²) in [7, 11) is 0. The van der Waals surface area contributed by atoms with Crippen molar-refractivity contribution in [3.8, 4) is 61.8 Å². The minimum atomic E-state index is -0.838.